The molecule has 0 aromatic heterocycles. The van der Waals surface area contributed by atoms with Crippen molar-refractivity contribution in [2.45, 2.75) is 11.0 Å². The zero-order valence-corrected chi connectivity index (χ0v) is 9.95. The number of primary amides is 1. The first-order chi connectivity index (χ1) is 8.25. The molecule has 1 amide bonds. The Hall–Kier alpha value is -1.71. The van der Waals surface area contributed by atoms with E-state index in [0.29, 0.717) is 0 Å². The molecule has 7 nitrogen and oxygen atoms in total. The van der Waals surface area contributed by atoms with E-state index in [1.807, 2.05) is 4.72 Å². The van der Waals surface area contributed by atoms with Crippen molar-refractivity contribution in [1.29, 1.82) is 0 Å². The van der Waals surface area contributed by atoms with Crippen molar-refractivity contribution < 1.29 is 22.7 Å². The molecular weight excluding hydrogens is 265 g/mol. The van der Waals surface area contributed by atoms with Crippen LogP contribution in [0.4, 0.5) is 10.1 Å². The van der Waals surface area contributed by atoms with Crippen LogP contribution in [0.1, 0.15) is 0 Å². The SMILES string of the molecule is NC(=O)C(O)CNS(=O)(=O)c1c(N)cccc1F. The molecule has 1 aromatic rings. The van der Waals surface area contributed by atoms with Crippen molar-refractivity contribution in [3.63, 3.8) is 0 Å². The lowest BCUT2D eigenvalue weighted by Gasteiger charge is -2.11. The molecule has 100 valence electrons. The molecule has 0 saturated carbocycles. The first-order valence-corrected chi connectivity index (χ1v) is 6.25. The minimum absolute atomic E-state index is 0.281. The summed E-state index contributed by atoms with van der Waals surface area (Å²) in [6.07, 6.45) is -1.70. The Kier molecular flexibility index (Phi) is 4.22. The van der Waals surface area contributed by atoms with E-state index in [9.17, 15) is 17.6 Å². The van der Waals surface area contributed by atoms with E-state index >= 15 is 0 Å². The van der Waals surface area contributed by atoms with E-state index in [4.69, 9.17) is 16.6 Å². The van der Waals surface area contributed by atoms with E-state index in [1.54, 1.807) is 0 Å². The number of nitrogens with two attached hydrogens (primary N) is 2. The highest BCUT2D eigenvalue weighted by molar-refractivity contribution is 7.89. The Morgan fingerprint density at radius 2 is 2.11 bits per heavy atom. The number of rotatable bonds is 5. The van der Waals surface area contributed by atoms with Crippen molar-refractivity contribution in [1.82, 2.24) is 4.72 Å². The highest BCUT2D eigenvalue weighted by Crippen LogP contribution is 2.21. The highest BCUT2D eigenvalue weighted by atomic mass is 32.2. The lowest BCUT2D eigenvalue weighted by atomic mass is 10.3. The van der Waals surface area contributed by atoms with Gasteiger partial charge in [0.05, 0.1) is 5.69 Å². The van der Waals surface area contributed by atoms with Gasteiger partial charge in [0.1, 0.15) is 16.8 Å². The molecule has 0 spiro atoms. The van der Waals surface area contributed by atoms with Crippen LogP contribution in [-0.2, 0) is 14.8 Å². The van der Waals surface area contributed by atoms with E-state index in [1.165, 1.54) is 12.1 Å². The zero-order chi connectivity index (χ0) is 13.9. The fraction of sp³-hybridized carbons (Fsp3) is 0.222. The van der Waals surface area contributed by atoms with Crippen LogP contribution >= 0.6 is 0 Å². The summed E-state index contributed by atoms with van der Waals surface area (Å²) in [6, 6.07) is 3.39. The molecule has 0 aliphatic heterocycles. The molecule has 1 unspecified atom stereocenters. The van der Waals surface area contributed by atoms with Crippen LogP contribution < -0.4 is 16.2 Å². The third-order valence-corrected chi connectivity index (χ3v) is 3.58. The summed E-state index contributed by atoms with van der Waals surface area (Å²) in [5.74, 6) is -2.13. The largest absolute Gasteiger partial charge is 0.398 e. The molecule has 0 aliphatic carbocycles. The molecule has 18 heavy (non-hydrogen) atoms. The number of aliphatic hydroxyl groups excluding tert-OH is 1. The van der Waals surface area contributed by atoms with Crippen LogP contribution in [0.3, 0.4) is 0 Å². The predicted octanol–water partition coefficient (Wildman–Crippen LogP) is -1.47. The zero-order valence-electron chi connectivity index (χ0n) is 9.13. The number of anilines is 1. The van der Waals surface area contributed by atoms with Crippen LogP contribution in [0.25, 0.3) is 0 Å². The molecule has 0 aliphatic rings. The number of halogens is 1. The lowest BCUT2D eigenvalue weighted by Crippen LogP contribution is -2.40. The van der Waals surface area contributed by atoms with E-state index < -0.39 is 39.3 Å². The monoisotopic (exact) mass is 277 g/mol. The van der Waals surface area contributed by atoms with E-state index in [2.05, 4.69) is 0 Å². The number of nitrogen functional groups attached to an aromatic ring is 1. The quantitative estimate of drug-likeness (QED) is 0.487. The third kappa shape index (κ3) is 3.15. The van der Waals surface area contributed by atoms with Gasteiger partial charge in [-0.2, -0.15) is 0 Å². The van der Waals surface area contributed by atoms with Gasteiger partial charge in [-0.05, 0) is 12.1 Å². The van der Waals surface area contributed by atoms with Crippen LogP contribution in [-0.4, -0.2) is 32.1 Å². The summed E-state index contributed by atoms with van der Waals surface area (Å²) < 4.78 is 38.6. The molecule has 0 bridgehead atoms. The Balaban J connectivity index is 2.98. The number of sulfonamides is 1. The average molecular weight is 277 g/mol. The Morgan fingerprint density at radius 1 is 1.50 bits per heavy atom. The van der Waals surface area contributed by atoms with Crippen molar-refractivity contribution in [2.24, 2.45) is 5.73 Å². The number of amides is 1. The summed E-state index contributed by atoms with van der Waals surface area (Å²) in [6.45, 7) is -0.661. The van der Waals surface area contributed by atoms with Gasteiger partial charge in [0.15, 0.2) is 0 Å². The van der Waals surface area contributed by atoms with Crippen molar-refractivity contribution in [2.75, 3.05) is 12.3 Å². The molecule has 0 saturated heterocycles. The molecule has 1 atom stereocenters. The number of carbonyl (C=O) groups excluding carboxylic acids is 1. The topological polar surface area (TPSA) is 136 Å². The summed E-state index contributed by atoms with van der Waals surface area (Å²) in [7, 11) is -4.27. The number of nitrogens with one attached hydrogen (secondary N) is 1. The van der Waals surface area contributed by atoms with E-state index in [-0.39, 0.29) is 5.69 Å². The van der Waals surface area contributed by atoms with Gasteiger partial charge in [0, 0.05) is 6.54 Å². The number of carbonyl (C=O) groups is 1. The molecule has 0 radical (unpaired) electrons. The Labute approximate surface area is 103 Å². The van der Waals surface area contributed by atoms with Gasteiger partial charge in [-0.1, -0.05) is 6.07 Å². The van der Waals surface area contributed by atoms with Gasteiger partial charge < -0.3 is 16.6 Å². The molecule has 6 N–H and O–H groups in total. The third-order valence-electron chi connectivity index (χ3n) is 2.06. The molecule has 1 aromatic carbocycles. The Bertz CT molecular complexity index is 541. The van der Waals surface area contributed by atoms with Crippen LogP contribution in [0.5, 0.6) is 0 Å². The molecule has 9 heteroatoms. The van der Waals surface area contributed by atoms with Crippen molar-refractivity contribution in [3.8, 4) is 0 Å². The fourth-order valence-electron chi connectivity index (χ4n) is 1.17. The second-order valence-electron chi connectivity index (χ2n) is 3.43. The van der Waals surface area contributed by atoms with Gasteiger partial charge in [-0.25, -0.2) is 17.5 Å². The summed E-state index contributed by atoms with van der Waals surface area (Å²) >= 11 is 0. The van der Waals surface area contributed by atoms with Gasteiger partial charge in [0.2, 0.25) is 15.9 Å². The summed E-state index contributed by atoms with van der Waals surface area (Å²) in [4.78, 5) is 9.79. The number of aliphatic hydroxyl groups is 1. The lowest BCUT2D eigenvalue weighted by molar-refractivity contribution is -0.125. The maximum absolute atomic E-state index is 13.4. The van der Waals surface area contributed by atoms with Gasteiger partial charge >= 0.3 is 0 Å². The normalized spacial score (nSPS) is 13.2. The highest BCUT2D eigenvalue weighted by Gasteiger charge is 2.23. The van der Waals surface area contributed by atoms with Crippen LogP contribution in [0.15, 0.2) is 23.1 Å². The van der Waals surface area contributed by atoms with Gasteiger partial charge in [-0.3, -0.25) is 4.79 Å². The molecule has 1 rings (SSSR count). The molecular formula is C9H12FN3O4S. The van der Waals surface area contributed by atoms with Crippen LogP contribution in [0, 0.1) is 5.82 Å². The minimum atomic E-state index is -4.27. The van der Waals surface area contributed by atoms with Gasteiger partial charge in [0.25, 0.3) is 0 Å². The minimum Gasteiger partial charge on any atom is -0.398 e. The number of hydrogen-bond donors (Lipinski definition) is 4. The second kappa shape index (κ2) is 5.29. The van der Waals surface area contributed by atoms with Crippen LogP contribution in [0.2, 0.25) is 0 Å². The maximum Gasteiger partial charge on any atom is 0.247 e. The second-order valence-corrected chi connectivity index (χ2v) is 5.13. The summed E-state index contributed by atoms with van der Waals surface area (Å²) in [5, 5.41) is 9.05. The average Bonchev–Trinajstić information content (AvgIpc) is 2.25. The van der Waals surface area contributed by atoms with Crippen molar-refractivity contribution >= 4 is 21.6 Å². The molecule has 0 heterocycles. The maximum atomic E-state index is 13.4. The Morgan fingerprint density at radius 3 is 2.61 bits per heavy atom. The van der Waals surface area contributed by atoms with Crippen molar-refractivity contribution in [3.05, 3.63) is 24.0 Å². The predicted molar refractivity (Wildman–Crippen MR) is 61.2 cm³/mol. The van der Waals surface area contributed by atoms with Gasteiger partial charge in [-0.15, -0.1) is 0 Å². The smallest absolute Gasteiger partial charge is 0.247 e. The first-order valence-electron chi connectivity index (χ1n) is 4.76. The fourth-order valence-corrected chi connectivity index (χ4v) is 2.40. The summed E-state index contributed by atoms with van der Waals surface area (Å²) in [5.41, 5.74) is 9.82. The molecule has 0 fully saturated rings. The number of benzene rings is 1. The number of hydrogen-bond acceptors (Lipinski definition) is 5. The first kappa shape index (κ1) is 14.4. The standard InChI is InChI=1S/C9H12FN3O4S/c10-5-2-1-3-6(11)8(5)18(16,17)13-4-7(14)9(12)15/h1-3,7,13-14H,4,11H2,(H2,12,15). The van der Waals surface area contributed by atoms with E-state index in [0.717, 1.165) is 6.07 Å².